The van der Waals surface area contributed by atoms with Gasteiger partial charge in [-0.3, -0.25) is 9.10 Å². The third kappa shape index (κ3) is 7.59. The van der Waals surface area contributed by atoms with Crippen molar-refractivity contribution in [3.63, 3.8) is 0 Å². The maximum atomic E-state index is 12.3. The second-order valence-corrected chi connectivity index (χ2v) is 9.28. The molecular formula is C21H27ClN2O4S. The Morgan fingerprint density at radius 3 is 2.31 bits per heavy atom. The molecule has 0 aliphatic carbocycles. The zero-order valence-corrected chi connectivity index (χ0v) is 18.5. The first-order valence-corrected chi connectivity index (χ1v) is 11.7. The van der Waals surface area contributed by atoms with E-state index < -0.39 is 10.0 Å². The number of rotatable bonds is 10. The molecule has 0 fully saturated rings. The Hall–Kier alpha value is -2.25. The minimum Gasteiger partial charge on any atom is -0.484 e. The highest BCUT2D eigenvalue weighted by atomic mass is 35.5. The standard InChI is InChI=1S/C21H27ClN2O4S/c1-4-5-16(2)23-21(25)15-28-20-12-10-19(11-13-20)24(29(3,26)27)14-17-6-8-18(22)9-7-17/h6-13,16H,4-5,14-15H2,1-3H3,(H,23,25)/t16-/m1/s1. The van der Waals surface area contributed by atoms with Crippen LogP contribution in [0.4, 0.5) is 5.69 Å². The fraction of sp³-hybridized carbons (Fsp3) is 0.381. The smallest absolute Gasteiger partial charge is 0.258 e. The summed E-state index contributed by atoms with van der Waals surface area (Å²) in [5, 5.41) is 3.46. The number of nitrogens with one attached hydrogen (secondary N) is 1. The topological polar surface area (TPSA) is 75.7 Å². The van der Waals surface area contributed by atoms with Gasteiger partial charge in [-0.2, -0.15) is 0 Å². The number of carbonyl (C=O) groups is 1. The number of carbonyl (C=O) groups excluding carboxylic acids is 1. The summed E-state index contributed by atoms with van der Waals surface area (Å²) in [4.78, 5) is 11.9. The number of nitrogens with zero attached hydrogens (tertiary/aromatic N) is 1. The van der Waals surface area contributed by atoms with Crippen molar-refractivity contribution >= 4 is 33.2 Å². The van der Waals surface area contributed by atoms with Gasteiger partial charge in [-0.25, -0.2) is 8.42 Å². The number of ether oxygens (including phenoxy) is 1. The first kappa shape index (κ1) is 23.0. The molecule has 1 N–H and O–H groups in total. The van der Waals surface area contributed by atoms with Crippen molar-refractivity contribution in [1.82, 2.24) is 5.32 Å². The quantitative estimate of drug-likeness (QED) is 0.608. The molecule has 2 aromatic rings. The second kappa shape index (κ2) is 10.5. The summed E-state index contributed by atoms with van der Waals surface area (Å²) in [6, 6.07) is 13.7. The van der Waals surface area contributed by atoms with Gasteiger partial charge in [-0.15, -0.1) is 0 Å². The molecule has 158 valence electrons. The summed E-state index contributed by atoms with van der Waals surface area (Å²) < 4.78 is 31.4. The van der Waals surface area contributed by atoms with Crippen molar-refractivity contribution in [2.45, 2.75) is 39.3 Å². The lowest BCUT2D eigenvalue weighted by Crippen LogP contribution is -2.35. The fourth-order valence-electron chi connectivity index (χ4n) is 2.83. The monoisotopic (exact) mass is 438 g/mol. The molecule has 0 bridgehead atoms. The van der Waals surface area contributed by atoms with Crippen molar-refractivity contribution in [2.24, 2.45) is 0 Å². The van der Waals surface area contributed by atoms with Gasteiger partial charge in [0.2, 0.25) is 10.0 Å². The van der Waals surface area contributed by atoms with E-state index in [9.17, 15) is 13.2 Å². The van der Waals surface area contributed by atoms with E-state index in [0.29, 0.717) is 16.5 Å². The van der Waals surface area contributed by atoms with Crippen LogP contribution in [0.25, 0.3) is 0 Å². The van der Waals surface area contributed by atoms with E-state index in [1.165, 1.54) is 4.31 Å². The maximum absolute atomic E-state index is 12.3. The minimum absolute atomic E-state index is 0.0893. The first-order valence-electron chi connectivity index (χ1n) is 9.43. The van der Waals surface area contributed by atoms with E-state index in [2.05, 4.69) is 12.2 Å². The molecule has 2 rings (SSSR count). The van der Waals surface area contributed by atoms with Gasteiger partial charge in [0.15, 0.2) is 6.61 Å². The van der Waals surface area contributed by atoms with Gasteiger partial charge < -0.3 is 10.1 Å². The van der Waals surface area contributed by atoms with Crippen molar-refractivity contribution < 1.29 is 17.9 Å². The molecule has 0 heterocycles. The summed E-state index contributed by atoms with van der Waals surface area (Å²) in [6.07, 6.45) is 3.07. The van der Waals surface area contributed by atoms with Crippen LogP contribution in [0.5, 0.6) is 5.75 Å². The van der Waals surface area contributed by atoms with Gasteiger partial charge >= 0.3 is 0 Å². The Morgan fingerprint density at radius 2 is 1.76 bits per heavy atom. The number of amides is 1. The Labute approximate surface area is 177 Å². The van der Waals surface area contributed by atoms with Crippen LogP contribution in [0.3, 0.4) is 0 Å². The molecule has 8 heteroatoms. The number of sulfonamides is 1. The van der Waals surface area contributed by atoms with Crippen LogP contribution in [-0.4, -0.2) is 33.2 Å². The highest BCUT2D eigenvalue weighted by Crippen LogP contribution is 2.24. The van der Waals surface area contributed by atoms with Gasteiger partial charge in [0, 0.05) is 11.1 Å². The molecule has 0 unspecified atom stereocenters. The fourth-order valence-corrected chi connectivity index (χ4v) is 3.85. The number of anilines is 1. The summed E-state index contributed by atoms with van der Waals surface area (Å²) in [6.45, 7) is 4.12. The lowest BCUT2D eigenvalue weighted by molar-refractivity contribution is -0.123. The van der Waals surface area contributed by atoms with Crippen molar-refractivity contribution in [2.75, 3.05) is 17.2 Å². The van der Waals surface area contributed by atoms with Gasteiger partial charge in [0.25, 0.3) is 5.91 Å². The molecule has 1 atom stereocenters. The average molecular weight is 439 g/mol. The molecule has 1 amide bonds. The molecule has 0 radical (unpaired) electrons. The molecule has 0 aromatic heterocycles. The van der Waals surface area contributed by atoms with Crippen LogP contribution in [-0.2, 0) is 21.4 Å². The lowest BCUT2D eigenvalue weighted by atomic mass is 10.2. The first-order chi connectivity index (χ1) is 13.7. The predicted octanol–water partition coefficient (Wildman–Crippen LogP) is 3.99. The summed E-state index contributed by atoms with van der Waals surface area (Å²) in [5.74, 6) is 0.308. The Morgan fingerprint density at radius 1 is 1.14 bits per heavy atom. The SMILES string of the molecule is CCC[C@@H](C)NC(=O)COc1ccc(N(Cc2ccc(Cl)cc2)S(C)(=O)=O)cc1. The summed E-state index contributed by atoms with van der Waals surface area (Å²) >= 11 is 5.89. The molecule has 2 aromatic carbocycles. The largest absolute Gasteiger partial charge is 0.484 e. The number of hydrogen-bond donors (Lipinski definition) is 1. The number of benzene rings is 2. The maximum Gasteiger partial charge on any atom is 0.258 e. The number of hydrogen-bond acceptors (Lipinski definition) is 4. The average Bonchev–Trinajstić information content (AvgIpc) is 2.65. The summed E-state index contributed by atoms with van der Waals surface area (Å²) in [7, 11) is -3.49. The van der Waals surface area contributed by atoms with Gasteiger partial charge in [-0.1, -0.05) is 37.1 Å². The molecule has 0 aliphatic rings. The molecule has 29 heavy (non-hydrogen) atoms. The van der Waals surface area contributed by atoms with E-state index in [1.807, 2.05) is 6.92 Å². The zero-order valence-electron chi connectivity index (χ0n) is 16.9. The zero-order chi connectivity index (χ0) is 21.4. The predicted molar refractivity (Wildman–Crippen MR) is 117 cm³/mol. The van der Waals surface area contributed by atoms with E-state index in [0.717, 1.165) is 24.7 Å². The van der Waals surface area contributed by atoms with E-state index >= 15 is 0 Å². The normalized spacial score (nSPS) is 12.3. The van der Waals surface area contributed by atoms with Crippen molar-refractivity contribution in [1.29, 1.82) is 0 Å². The van der Waals surface area contributed by atoms with Crippen LogP contribution in [0.2, 0.25) is 5.02 Å². The minimum atomic E-state index is -3.49. The Kier molecular flexibility index (Phi) is 8.34. The third-order valence-electron chi connectivity index (χ3n) is 4.26. The Balaban J connectivity index is 2.03. The molecule has 0 spiro atoms. The number of halogens is 1. The molecule has 0 saturated heterocycles. The van der Waals surface area contributed by atoms with E-state index in [1.54, 1.807) is 48.5 Å². The van der Waals surface area contributed by atoms with Crippen LogP contribution in [0, 0.1) is 0 Å². The van der Waals surface area contributed by atoms with Gasteiger partial charge in [0.05, 0.1) is 18.5 Å². The third-order valence-corrected chi connectivity index (χ3v) is 5.66. The highest BCUT2D eigenvalue weighted by molar-refractivity contribution is 7.92. The van der Waals surface area contributed by atoms with Gasteiger partial charge in [0.1, 0.15) is 5.75 Å². The molecule has 0 saturated carbocycles. The lowest BCUT2D eigenvalue weighted by Gasteiger charge is -2.23. The van der Waals surface area contributed by atoms with E-state index in [4.69, 9.17) is 16.3 Å². The van der Waals surface area contributed by atoms with Crippen LogP contribution in [0.1, 0.15) is 32.3 Å². The van der Waals surface area contributed by atoms with Crippen LogP contribution >= 0.6 is 11.6 Å². The second-order valence-electron chi connectivity index (χ2n) is 6.94. The van der Waals surface area contributed by atoms with Crippen molar-refractivity contribution in [3.05, 3.63) is 59.1 Å². The van der Waals surface area contributed by atoms with Crippen molar-refractivity contribution in [3.8, 4) is 5.75 Å². The highest BCUT2D eigenvalue weighted by Gasteiger charge is 2.18. The van der Waals surface area contributed by atoms with Crippen LogP contribution < -0.4 is 14.4 Å². The van der Waals surface area contributed by atoms with E-state index in [-0.39, 0.29) is 25.1 Å². The summed E-state index contributed by atoms with van der Waals surface area (Å²) in [5.41, 5.74) is 1.33. The molecular weight excluding hydrogens is 412 g/mol. The molecule has 6 nitrogen and oxygen atoms in total. The van der Waals surface area contributed by atoms with Crippen LogP contribution in [0.15, 0.2) is 48.5 Å². The Bertz CT molecular complexity index is 899. The van der Waals surface area contributed by atoms with Gasteiger partial charge in [-0.05, 0) is 55.3 Å². The molecule has 0 aliphatic heterocycles.